The van der Waals surface area contributed by atoms with Gasteiger partial charge in [-0.3, -0.25) is 0 Å². The molecule has 0 amide bonds. The predicted molar refractivity (Wildman–Crippen MR) is 123 cm³/mol. The van der Waals surface area contributed by atoms with Crippen LogP contribution in [0, 0.1) is 11.2 Å². The molecule has 10 heteroatoms. The zero-order valence-electron chi connectivity index (χ0n) is 18.5. The van der Waals surface area contributed by atoms with Crippen molar-refractivity contribution in [2.45, 2.75) is 25.3 Å². The van der Waals surface area contributed by atoms with Gasteiger partial charge in [0.1, 0.15) is 11.6 Å². The highest BCUT2D eigenvalue weighted by Crippen LogP contribution is 2.54. The van der Waals surface area contributed by atoms with E-state index >= 15 is 0 Å². The highest BCUT2D eigenvalue weighted by atomic mass is 19.1. The van der Waals surface area contributed by atoms with Crippen molar-refractivity contribution < 1.29 is 9.13 Å². The Labute approximate surface area is 190 Å². The fourth-order valence-electron chi connectivity index (χ4n) is 5.04. The summed E-state index contributed by atoms with van der Waals surface area (Å²) in [5, 5.41) is 5.99. The van der Waals surface area contributed by atoms with Gasteiger partial charge in [0, 0.05) is 56.3 Å². The molecule has 0 radical (unpaired) electrons. The van der Waals surface area contributed by atoms with Crippen LogP contribution in [0.5, 0.6) is 11.8 Å². The van der Waals surface area contributed by atoms with Crippen molar-refractivity contribution in [3.8, 4) is 22.9 Å². The summed E-state index contributed by atoms with van der Waals surface area (Å²) in [5.41, 5.74) is 10.9. The number of hydrogen-bond acceptors (Lipinski definition) is 9. The van der Waals surface area contributed by atoms with Crippen molar-refractivity contribution in [2.75, 3.05) is 42.7 Å². The third-order valence-electron chi connectivity index (χ3n) is 7.00. The standard InChI is InChI=1S/C23H25FN8O/c1-26-16-6-12(24)5-15-14(16)7-17-19(15)20(32-10-18(25)23(11-32)3-4-23)31-22(30-17)33-13-8-28-21(27-2)29-9-13/h5-6,8-9,18,26H,3-4,7,10-11,25H2,1-2H3,(H,27,28,29)/t18-/m0/s1. The molecule has 1 aliphatic heterocycles. The maximum absolute atomic E-state index is 14.5. The van der Waals surface area contributed by atoms with Crippen LogP contribution in [0.15, 0.2) is 24.5 Å². The fraction of sp³-hybridized carbons (Fsp3) is 0.391. The molecule has 4 N–H and O–H groups in total. The lowest BCUT2D eigenvalue weighted by atomic mass is 10.0. The molecule has 2 aliphatic carbocycles. The Morgan fingerprint density at radius 2 is 1.94 bits per heavy atom. The Morgan fingerprint density at radius 3 is 2.61 bits per heavy atom. The third kappa shape index (κ3) is 3.24. The lowest BCUT2D eigenvalue weighted by molar-refractivity contribution is 0.436. The van der Waals surface area contributed by atoms with Crippen LogP contribution in [0.2, 0.25) is 0 Å². The van der Waals surface area contributed by atoms with Crippen molar-refractivity contribution in [2.24, 2.45) is 11.1 Å². The Balaban J connectivity index is 1.45. The summed E-state index contributed by atoms with van der Waals surface area (Å²) in [4.78, 5) is 20.1. The minimum absolute atomic E-state index is 0.0937. The van der Waals surface area contributed by atoms with E-state index in [9.17, 15) is 4.39 Å². The number of nitrogens with two attached hydrogens (primary N) is 1. The minimum atomic E-state index is -0.296. The zero-order valence-corrected chi connectivity index (χ0v) is 18.5. The molecule has 2 fully saturated rings. The number of hydrogen-bond donors (Lipinski definition) is 3. The number of anilines is 3. The molecule has 1 spiro atoms. The van der Waals surface area contributed by atoms with Gasteiger partial charge < -0.3 is 26.0 Å². The van der Waals surface area contributed by atoms with E-state index in [0.717, 1.165) is 53.3 Å². The molecule has 1 atom stereocenters. The number of nitrogens with zero attached hydrogens (tertiary/aromatic N) is 5. The van der Waals surface area contributed by atoms with Gasteiger partial charge in [0.05, 0.1) is 18.1 Å². The SMILES string of the molecule is CNc1ncc(Oc2nc3c(c(N4C[C@H](N)C5(CC5)C4)n2)-c2cc(F)cc(NC)c2C3)cn1. The Kier molecular flexibility index (Phi) is 4.41. The van der Waals surface area contributed by atoms with Gasteiger partial charge in [0.15, 0.2) is 5.75 Å². The average molecular weight is 449 g/mol. The van der Waals surface area contributed by atoms with E-state index in [1.54, 1.807) is 32.6 Å². The number of nitrogens with one attached hydrogen (secondary N) is 2. The van der Waals surface area contributed by atoms with Crippen LogP contribution >= 0.6 is 0 Å². The molecule has 3 aromatic rings. The summed E-state index contributed by atoms with van der Waals surface area (Å²) in [6.45, 7) is 1.53. The predicted octanol–water partition coefficient (Wildman–Crippen LogP) is 2.78. The summed E-state index contributed by atoms with van der Waals surface area (Å²) in [7, 11) is 3.55. The molecule has 2 aromatic heterocycles. The minimum Gasteiger partial charge on any atom is -0.421 e. The van der Waals surface area contributed by atoms with Gasteiger partial charge in [-0.2, -0.15) is 9.97 Å². The van der Waals surface area contributed by atoms with Crippen molar-refractivity contribution in [1.29, 1.82) is 0 Å². The molecule has 1 aromatic carbocycles. The quantitative estimate of drug-likeness (QED) is 0.424. The van der Waals surface area contributed by atoms with E-state index < -0.39 is 0 Å². The van der Waals surface area contributed by atoms with Crippen molar-refractivity contribution >= 4 is 17.5 Å². The summed E-state index contributed by atoms with van der Waals surface area (Å²) in [6.07, 6.45) is 5.97. The second-order valence-electron chi connectivity index (χ2n) is 9.00. The second-order valence-corrected chi connectivity index (χ2v) is 9.00. The maximum atomic E-state index is 14.5. The van der Waals surface area contributed by atoms with Gasteiger partial charge in [-0.15, -0.1) is 0 Å². The normalized spacial score (nSPS) is 19.4. The van der Waals surface area contributed by atoms with E-state index in [2.05, 4.69) is 25.5 Å². The smallest absolute Gasteiger partial charge is 0.324 e. The Hall–Kier alpha value is -3.53. The molecule has 9 nitrogen and oxygen atoms in total. The summed E-state index contributed by atoms with van der Waals surface area (Å²) >= 11 is 0. The second kappa shape index (κ2) is 7.24. The lowest BCUT2D eigenvalue weighted by Crippen LogP contribution is -2.30. The first-order valence-electron chi connectivity index (χ1n) is 11.1. The number of benzene rings is 1. The Morgan fingerprint density at radius 1 is 1.15 bits per heavy atom. The molecular weight excluding hydrogens is 423 g/mol. The van der Waals surface area contributed by atoms with Crippen LogP contribution in [0.3, 0.4) is 0 Å². The zero-order chi connectivity index (χ0) is 22.7. The van der Waals surface area contributed by atoms with Crippen molar-refractivity contribution in [3.63, 3.8) is 0 Å². The largest absolute Gasteiger partial charge is 0.421 e. The van der Waals surface area contributed by atoms with Crippen LogP contribution in [0.4, 0.5) is 21.8 Å². The maximum Gasteiger partial charge on any atom is 0.324 e. The topological polar surface area (TPSA) is 114 Å². The van der Waals surface area contributed by atoms with Gasteiger partial charge in [-0.05, 0) is 36.1 Å². The lowest BCUT2D eigenvalue weighted by Gasteiger charge is -2.21. The van der Waals surface area contributed by atoms with Gasteiger partial charge in [-0.25, -0.2) is 14.4 Å². The van der Waals surface area contributed by atoms with E-state index in [4.69, 9.17) is 20.4 Å². The number of ether oxygens (including phenoxy) is 1. The molecule has 3 heterocycles. The molecule has 1 saturated heterocycles. The average Bonchev–Trinajstić information content (AvgIpc) is 3.40. The number of fused-ring (bicyclic) bond motifs is 3. The molecule has 33 heavy (non-hydrogen) atoms. The summed E-state index contributed by atoms with van der Waals surface area (Å²) < 4.78 is 20.4. The number of aromatic nitrogens is 4. The van der Waals surface area contributed by atoms with Crippen molar-refractivity contribution in [3.05, 3.63) is 41.6 Å². The van der Waals surface area contributed by atoms with Crippen LogP contribution in [-0.4, -0.2) is 53.2 Å². The molecular formula is C23H25FN8O. The molecule has 6 rings (SSSR count). The highest BCUT2D eigenvalue weighted by Gasteiger charge is 2.54. The number of rotatable bonds is 5. The van der Waals surface area contributed by atoms with Gasteiger partial charge in [0.25, 0.3) is 0 Å². The van der Waals surface area contributed by atoms with Gasteiger partial charge in [0.2, 0.25) is 5.95 Å². The van der Waals surface area contributed by atoms with Crippen molar-refractivity contribution in [1.82, 2.24) is 19.9 Å². The first kappa shape index (κ1) is 20.1. The van der Waals surface area contributed by atoms with E-state index in [1.807, 2.05) is 0 Å². The van der Waals surface area contributed by atoms with Crippen LogP contribution in [0.1, 0.15) is 24.1 Å². The summed E-state index contributed by atoms with van der Waals surface area (Å²) in [6, 6.07) is 3.40. The molecule has 170 valence electrons. The monoisotopic (exact) mass is 448 g/mol. The first-order chi connectivity index (χ1) is 16.0. The highest BCUT2D eigenvalue weighted by molar-refractivity contribution is 5.88. The first-order valence-corrected chi connectivity index (χ1v) is 11.1. The van der Waals surface area contributed by atoms with Crippen LogP contribution < -0.4 is 26.0 Å². The van der Waals surface area contributed by atoms with E-state index in [-0.39, 0.29) is 23.3 Å². The van der Waals surface area contributed by atoms with E-state index in [1.165, 1.54) is 6.07 Å². The number of halogens is 1. The van der Waals surface area contributed by atoms with Crippen LogP contribution in [-0.2, 0) is 6.42 Å². The van der Waals surface area contributed by atoms with Gasteiger partial charge >= 0.3 is 6.01 Å². The third-order valence-corrected chi connectivity index (χ3v) is 7.00. The molecule has 0 bridgehead atoms. The molecule has 3 aliphatic rings. The fourth-order valence-corrected chi connectivity index (χ4v) is 5.04. The molecule has 1 saturated carbocycles. The van der Waals surface area contributed by atoms with Gasteiger partial charge in [-0.1, -0.05) is 0 Å². The van der Waals surface area contributed by atoms with E-state index in [0.29, 0.717) is 24.7 Å². The Bertz CT molecular complexity index is 1240. The van der Waals surface area contributed by atoms with Crippen LogP contribution in [0.25, 0.3) is 11.1 Å². The molecule has 0 unspecified atom stereocenters. The summed E-state index contributed by atoms with van der Waals surface area (Å²) in [5.74, 6) is 1.38.